The first-order chi connectivity index (χ1) is 12.2. The van der Waals surface area contributed by atoms with E-state index in [1.807, 2.05) is 23.4 Å². The summed E-state index contributed by atoms with van der Waals surface area (Å²) in [7, 11) is 1.83. The number of thiazole rings is 1. The van der Waals surface area contributed by atoms with Gasteiger partial charge in [0.05, 0.1) is 19.7 Å². The van der Waals surface area contributed by atoms with Gasteiger partial charge in [-0.3, -0.25) is 4.79 Å². The SMILES string of the molecule is CN1CCN(c2cc(N3CCOC(c4nccs4)C3)ncn2)CC1=O. The van der Waals surface area contributed by atoms with Crippen LogP contribution in [-0.2, 0) is 9.53 Å². The van der Waals surface area contributed by atoms with E-state index in [9.17, 15) is 4.79 Å². The number of carbonyl (C=O) groups excluding carboxylic acids is 1. The summed E-state index contributed by atoms with van der Waals surface area (Å²) in [6.07, 6.45) is 3.34. The minimum absolute atomic E-state index is 0.0302. The lowest BCUT2D eigenvalue weighted by atomic mass is 10.2. The van der Waals surface area contributed by atoms with Gasteiger partial charge in [-0.25, -0.2) is 15.0 Å². The number of carbonyl (C=O) groups is 1. The van der Waals surface area contributed by atoms with Crippen LogP contribution in [0.25, 0.3) is 0 Å². The van der Waals surface area contributed by atoms with Gasteiger partial charge in [-0.2, -0.15) is 0 Å². The standard InChI is InChI=1S/C16H20N6O2S/c1-20-3-4-21(10-15(20)23)13-8-14(19-11-18-13)22-5-6-24-12(9-22)16-17-2-7-25-16/h2,7-8,11-12H,3-6,9-10H2,1H3. The maximum atomic E-state index is 11.9. The molecule has 8 nitrogen and oxygen atoms in total. The Balaban J connectivity index is 1.50. The summed E-state index contributed by atoms with van der Waals surface area (Å²) in [5, 5.41) is 2.95. The van der Waals surface area contributed by atoms with Gasteiger partial charge in [0.25, 0.3) is 0 Å². The maximum absolute atomic E-state index is 11.9. The number of amides is 1. The number of hydrogen-bond acceptors (Lipinski definition) is 8. The molecule has 0 aliphatic carbocycles. The van der Waals surface area contributed by atoms with Gasteiger partial charge in [0, 0.05) is 44.3 Å². The normalized spacial score (nSPS) is 21.7. The van der Waals surface area contributed by atoms with E-state index in [0.29, 0.717) is 26.2 Å². The number of ether oxygens (including phenoxy) is 1. The first-order valence-electron chi connectivity index (χ1n) is 8.27. The molecule has 1 amide bonds. The lowest BCUT2D eigenvalue weighted by Crippen LogP contribution is -2.49. The first kappa shape index (κ1) is 16.2. The second kappa shape index (κ2) is 6.93. The molecule has 2 aromatic rings. The van der Waals surface area contributed by atoms with Crippen LogP contribution in [0, 0.1) is 0 Å². The third kappa shape index (κ3) is 3.42. The highest BCUT2D eigenvalue weighted by Crippen LogP contribution is 2.27. The van der Waals surface area contributed by atoms with Crippen molar-refractivity contribution in [3.05, 3.63) is 29.0 Å². The quantitative estimate of drug-likeness (QED) is 0.801. The molecule has 0 spiro atoms. The molecular formula is C16H20N6O2S. The molecule has 0 saturated carbocycles. The fourth-order valence-electron chi connectivity index (χ4n) is 3.04. The van der Waals surface area contributed by atoms with Crippen LogP contribution in [0.2, 0.25) is 0 Å². The molecule has 0 bridgehead atoms. The molecular weight excluding hydrogens is 340 g/mol. The van der Waals surface area contributed by atoms with Gasteiger partial charge in [-0.15, -0.1) is 11.3 Å². The van der Waals surface area contributed by atoms with E-state index in [0.717, 1.165) is 29.7 Å². The number of rotatable bonds is 3. The third-order valence-corrected chi connectivity index (χ3v) is 5.40. The van der Waals surface area contributed by atoms with Crippen molar-refractivity contribution >= 4 is 28.9 Å². The molecule has 2 saturated heterocycles. The lowest BCUT2D eigenvalue weighted by Gasteiger charge is -2.35. The predicted octanol–water partition coefficient (Wildman–Crippen LogP) is 0.789. The Labute approximate surface area is 150 Å². The Bertz CT molecular complexity index is 740. The van der Waals surface area contributed by atoms with Crippen LogP contribution in [-0.4, -0.2) is 72.1 Å². The second-order valence-electron chi connectivity index (χ2n) is 6.15. The summed E-state index contributed by atoms with van der Waals surface area (Å²) in [5.41, 5.74) is 0. The Hall–Kier alpha value is -2.26. The molecule has 4 heterocycles. The van der Waals surface area contributed by atoms with E-state index in [-0.39, 0.29) is 12.0 Å². The fraction of sp³-hybridized carbons (Fsp3) is 0.500. The van der Waals surface area contributed by atoms with Gasteiger partial charge in [0.15, 0.2) is 0 Å². The number of nitrogens with zero attached hydrogens (tertiary/aromatic N) is 6. The smallest absolute Gasteiger partial charge is 0.241 e. The fourth-order valence-corrected chi connectivity index (χ4v) is 3.71. The summed E-state index contributed by atoms with van der Waals surface area (Å²) in [5.74, 6) is 1.77. The predicted molar refractivity (Wildman–Crippen MR) is 94.9 cm³/mol. The van der Waals surface area contributed by atoms with E-state index in [1.54, 1.807) is 28.8 Å². The van der Waals surface area contributed by atoms with Crippen molar-refractivity contribution in [3.8, 4) is 0 Å². The Morgan fingerprint density at radius 2 is 2.00 bits per heavy atom. The third-order valence-electron chi connectivity index (χ3n) is 4.54. The Kier molecular flexibility index (Phi) is 4.50. The van der Waals surface area contributed by atoms with E-state index in [4.69, 9.17) is 4.74 Å². The highest BCUT2D eigenvalue weighted by Gasteiger charge is 2.26. The van der Waals surface area contributed by atoms with Gasteiger partial charge in [0.1, 0.15) is 29.1 Å². The number of likely N-dealkylation sites (N-methyl/N-ethyl adjacent to an activating group) is 1. The first-order valence-corrected chi connectivity index (χ1v) is 9.15. The average molecular weight is 360 g/mol. The molecule has 0 N–H and O–H groups in total. The van der Waals surface area contributed by atoms with Crippen LogP contribution in [0.3, 0.4) is 0 Å². The summed E-state index contributed by atoms with van der Waals surface area (Å²) < 4.78 is 5.85. The lowest BCUT2D eigenvalue weighted by molar-refractivity contribution is -0.129. The number of hydrogen-bond donors (Lipinski definition) is 0. The monoisotopic (exact) mass is 360 g/mol. The van der Waals surface area contributed by atoms with Crippen LogP contribution in [0.5, 0.6) is 0 Å². The van der Waals surface area contributed by atoms with Crippen molar-refractivity contribution in [3.63, 3.8) is 0 Å². The summed E-state index contributed by atoms with van der Waals surface area (Å²) >= 11 is 1.61. The highest BCUT2D eigenvalue weighted by atomic mass is 32.1. The van der Waals surface area contributed by atoms with Crippen molar-refractivity contribution in [2.45, 2.75) is 6.10 Å². The molecule has 2 aliphatic rings. The zero-order valence-electron chi connectivity index (χ0n) is 14.0. The van der Waals surface area contributed by atoms with Crippen LogP contribution >= 0.6 is 11.3 Å². The van der Waals surface area contributed by atoms with Crippen molar-refractivity contribution < 1.29 is 9.53 Å². The Morgan fingerprint density at radius 1 is 1.16 bits per heavy atom. The molecule has 0 radical (unpaired) electrons. The molecule has 25 heavy (non-hydrogen) atoms. The zero-order valence-corrected chi connectivity index (χ0v) is 14.9. The van der Waals surface area contributed by atoms with Gasteiger partial charge in [-0.1, -0.05) is 0 Å². The molecule has 0 aromatic carbocycles. The molecule has 2 aliphatic heterocycles. The van der Waals surface area contributed by atoms with Gasteiger partial charge in [0.2, 0.25) is 5.91 Å². The molecule has 2 fully saturated rings. The van der Waals surface area contributed by atoms with E-state index in [2.05, 4.69) is 19.9 Å². The van der Waals surface area contributed by atoms with E-state index in [1.165, 1.54) is 0 Å². The van der Waals surface area contributed by atoms with Gasteiger partial charge >= 0.3 is 0 Å². The minimum Gasteiger partial charge on any atom is -0.367 e. The zero-order chi connectivity index (χ0) is 17.2. The highest BCUT2D eigenvalue weighted by molar-refractivity contribution is 7.09. The molecule has 132 valence electrons. The van der Waals surface area contributed by atoms with E-state index >= 15 is 0 Å². The number of morpholine rings is 1. The van der Waals surface area contributed by atoms with Crippen LogP contribution in [0.15, 0.2) is 24.0 Å². The van der Waals surface area contributed by atoms with Crippen molar-refractivity contribution in [2.75, 3.05) is 56.2 Å². The number of anilines is 2. The van der Waals surface area contributed by atoms with E-state index < -0.39 is 0 Å². The number of aromatic nitrogens is 3. The largest absolute Gasteiger partial charge is 0.367 e. The molecule has 2 aromatic heterocycles. The molecule has 9 heteroatoms. The molecule has 1 atom stereocenters. The Morgan fingerprint density at radius 3 is 2.76 bits per heavy atom. The van der Waals surface area contributed by atoms with Crippen LogP contribution < -0.4 is 9.80 Å². The minimum atomic E-state index is -0.0302. The maximum Gasteiger partial charge on any atom is 0.241 e. The summed E-state index contributed by atoms with van der Waals surface area (Å²) in [6, 6.07) is 1.96. The number of piperazine rings is 1. The van der Waals surface area contributed by atoms with Crippen molar-refractivity contribution in [1.29, 1.82) is 0 Å². The van der Waals surface area contributed by atoms with Crippen molar-refractivity contribution in [2.24, 2.45) is 0 Å². The van der Waals surface area contributed by atoms with Gasteiger partial charge in [-0.05, 0) is 0 Å². The topological polar surface area (TPSA) is 74.7 Å². The van der Waals surface area contributed by atoms with Crippen LogP contribution in [0.4, 0.5) is 11.6 Å². The summed E-state index contributed by atoms with van der Waals surface area (Å²) in [6.45, 7) is 3.98. The van der Waals surface area contributed by atoms with Crippen LogP contribution in [0.1, 0.15) is 11.1 Å². The van der Waals surface area contributed by atoms with Crippen molar-refractivity contribution in [1.82, 2.24) is 19.9 Å². The molecule has 4 rings (SSSR count). The second-order valence-corrected chi connectivity index (χ2v) is 7.07. The average Bonchev–Trinajstić information content (AvgIpc) is 3.19. The molecule has 1 unspecified atom stereocenters. The van der Waals surface area contributed by atoms with Gasteiger partial charge < -0.3 is 19.4 Å². The summed E-state index contributed by atoms with van der Waals surface area (Å²) in [4.78, 5) is 31.0.